The van der Waals surface area contributed by atoms with E-state index in [1.807, 2.05) is 74.8 Å². The van der Waals surface area contributed by atoms with Gasteiger partial charge in [0.2, 0.25) is 0 Å². The molecular weight excluding hydrogens is 492 g/mol. The third-order valence-electron chi connectivity index (χ3n) is 6.84. The molecule has 190 valence electrons. The molecule has 0 unspecified atom stereocenters. The number of hydrogen-bond donors (Lipinski definition) is 1. The molecule has 7 heteroatoms. The average molecular weight is 521 g/mol. The van der Waals surface area contributed by atoms with E-state index in [0.29, 0.717) is 21.3 Å². The molecule has 1 N–H and O–H groups in total. The molecule has 1 amide bonds. The van der Waals surface area contributed by atoms with Gasteiger partial charge in [-0.15, -0.1) is 11.3 Å². The first-order valence-corrected chi connectivity index (χ1v) is 13.5. The first-order chi connectivity index (χ1) is 18.5. The molecule has 6 rings (SSSR count). The van der Waals surface area contributed by atoms with Crippen LogP contribution in [0.3, 0.4) is 0 Å². The Bertz CT molecular complexity index is 1840. The summed E-state index contributed by atoms with van der Waals surface area (Å²) in [6, 6.07) is 26.1. The standard InChI is InChI=1S/C31H28N4O2S/c1-33(2)17-10-18-34-30(37)27(38-31(34)28-24-14-6-8-15-25(24)32-29(28)36)19-21-20-35(22-11-4-3-5-12-22)26-16-9-7-13-23(21)26/h3-9,11-16,19-20H,10,17-18H2,1-2H3,(H,32,36). The monoisotopic (exact) mass is 520 g/mol. The predicted octanol–water partition coefficient (Wildman–Crippen LogP) is 3.79. The number of hydrogen-bond acceptors (Lipinski definition) is 4. The molecule has 0 saturated heterocycles. The fourth-order valence-corrected chi connectivity index (χ4v) is 6.23. The number of benzene rings is 3. The molecular formula is C31H28N4O2S. The summed E-state index contributed by atoms with van der Waals surface area (Å²) < 4.78 is 5.26. The van der Waals surface area contributed by atoms with Crippen LogP contribution >= 0.6 is 11.3 Å². The Morgan fingerprint density at radius 1 is 0.921 bits per heavy atom. The normalized spacial score (nSPS) is 14.9. The molecule has 6 nitrogen and oxygen atoms in total. The Morgan fingerprint density at radius 2 is 1.66 bits per heavy atom. The van der Waals surface area contributed by atoms with Crippen molar-refractivity contribution in [3.05, 3.63) is 116 Å². The summed E-state index contributed by atoms with van der Waals surface area (Å²) in [6.07, 6.45) is 4.86. The Morgan fingerprint density at radius 3 is 2.47 bits per heavy atom. The Balaban J connectivity index is 1.58. The number of nitrogens with one attached hydrogen (secondary N) is 1. The minimum atomic E-state index is -0.166. The van der Waals surface area contributed by atoms with E-state index in [9.17, 15) is 9.59 Å². The number of fused-ring (bicyclic) bond motifs is 2. The zero-order chi connectivity index (χ0) is 26.2. The van der Waals surface area contributed by atoms with Crippen LogP contribution < -0.4 is 20.1 Å². The van der Waals surface area contributed by atoms with E-state index < -0.39 is 0 Å². The topological polar surface area (TPSA) is 59.3 Å². The molecule has 2 aromatic heterocycles. The lowest BCUT2D eigenvalue weighted by Gasteiger charge is -2.09. The summed E-state index contributed by atoms with van der Waals surface area (Å²) >= 11 is 1.39. The van der Waals surface area contributed by atoms with Crippen LogP contribution in [0.1, 0.15) is 17.5 Å². The molecule has 0 saturated carbocycles. The van der Waals surface area contributed by atoms with Crippen LogP contribution in [-0.2, 0) is 11.3 Å². The smallest absolute Gasteiger partial charge is 0.269 e. The van der Waals surface area contributed by atoms with Crippen LogP contribution in [0.15, 0.2) is 89.9 Å². The molecule has 1 aliphatic heterocycles. The number of anilines is 1. The second-order valence-electron chi connectivity index (χ2n) is 9.71. The lowest BCUT2D eigenvalue weighted by atomic mass is 10.1. The minimum Gasteiger partial charge on any atom is -0.321 e. The van der Waals surface area contributed by atoms with Crippen molar-refractivity contribution in [2.75, 3.05) is 26.0 Å². The van der Waals surface area contributed by atoms with Crippen molar-refractivity contribution in [3.63, 3.8) is 0 Å². The van der Waals surface area contributed by atoms with Crippen LogP contribution in [0.4, 0.5) is 5.69 Å². The van der Waals surface area contributed by atoms with E-state index in [0.717, 1.165) is 46.4 Å². The zero-order valence-electron chi connectivity index (χ0n) is 21.3. The zero-order valence-corrected chi connectivity index (χ0v) is 22.2. The van der Waals surface area contributed by atoms with Crippen LogP contribution in [0, 0.1) is 0 Å². The van der Waals surface area contributed by atoms with E-state index in [2.05, 4.69) is 45.2 Å². The van der Waals surface area contributed by atoms with Gasteiger partial charge in [-0.2, -0.15) is 0 Å². The second kappa shape index (κ2) is 9.93. The summed E-state index contributed by atoms with van der Waals surface area (Å²) in [5, 5.41) is 4.04. The largest absolute Gasteiger partial charge is 0.321 e. The van der Waals surface area contributed by atoms with Crippen LogP contribution in [0.25, 0.3) is 28.2 Å². The van der Waals surface area contributed by atoms with E-state index in [-0.39, 0.29) is 11.5 Å². The maximum atomic E-state index is 13.8. The fraction of sp³-hybridized carbons (Fsp3) is 0.161. The number of nitrogens with zero attached hydrogens (tertiary/aromatic N) is 3. The summed E-state index contributed by atoms with van der Waals surface area (Å²) in [7, 11) is 4.04. The van der Waals surface area contributed by atoms with Gasteiger partial charge in [-0.1, -0.05) is 54.6 Å². The van der Waals surface area contributed by atoms with E-state index in [1.54, 1.807) is 4.57 Å². The van der Waals surface area contributed by atoms with E-state index in [1.165, 1.54) is 11.3 Å². The highest BCUT2D eigenvalue weighted by atomic mass is 32.1. The fourth-order valence-electron chi connectivity index (χ4n) is 5.05. The molecule has 5 aromatic rings. The van der Waals surface area contributed by atoms with E-state index >= 15 is 0 Å². The summed E-state index contributed by atoms with van der Waals surface area (Å²) in [6.45, 7) is 1.39. The second-order valence-corrected chi connectivity index (χ2v) is 10.7. The van der Waals surface area contributed by atoms with Crippen molar-refractivity contribution >= 4 is 45.5 Å². The summed E-state index contributed by atoms with van der Waals surface area (Å²) in [4.78, 5) is 29.0. The maximum Gasteiger partial charge on any atom is 0.269 e. The number of carbonyl (C=O) groups excluding carboxylic acids is 1. The average Bonchev–Trinajstić information content (AvgIpc) is 3.56. The molecule has 0 bridgehead atoms. The SMILES string of the molecule is CN(C)CCCn1c(=C2C(=O)Nc3ccccc32)sc(=Cc2cn(-c3ccccc3)c3ccccc23)c1=O. The predicted molar refractivity (Wildman–Crippen MR) is 155 cm³/mol. The molecule has 0 fully saturated rings. The minimum absolute atomic E-state index is 0.0648. The van der Waals surface area contributed by atoms with Gasteiger partial charge in [-0.25, -0.2) is 0 Å². The number of rotatable bonds is 6. The maximum absolute atomic E-state index is 13.8. The quantitative estimate of drug-likeness (QED) is 0.371. The summed E-state index contributed by atoms with van der Waals surface area (Å²) in [5.74, 6) is -0.166. The first-order valence-electron chi connectivity index (χ1n) is 12.7. The Hall–Kier alpha value is -4.20. The van der Waals surface area contributed by atoms with Crippen molar-refractivity contribution < 1.29 is 4.79 Å². The summed E-state index contributed by atoms with van der Waals surface area (Å²) in [5.41, 5.74) is 5.23. The van der Waals surface area contributed by atoms with Crippen molar-refractivity contribution in [2.45, 2.75) is 13.0 Å². The van der Waals surface area contributed by atoms with Gasteiger partial charge in [0.25, 0.3) is 11.5 Å². The highest BCUT2D eigenvalue weighted by Crippen LogP contribution is 2.29. The Labute approximate surface area is 224 Å². The molecule has 3 aromatic carbocycles. The number of amides is 1. The third kappa shape index (κ3) is 4.30. The number of para-hydroxylation sites is 3. The van der Waals surface area contributed by atoms with E-state index in [4.69, 9.17) is 0 Å². The number of carbonyl (C=O) groups is 1. The highest BCUT2D eigenvalue weighted by molar-refractivity contribution is 7.07. The van der Waals surface area contributed by atoms with Gasteiger partial charge in [0.05, 0.1) is 15.6 Å². The van der Waals surface area contributed by atoms with Crippen LogP contribution in [0.2, 0.25) is 0 Å². The molecule has 0 spiro atoms. The molecule has 38 heavy (non-hydrogen) atoms. The van der Waals surface area contributed by atoms with Crippen molar-refractivity contribution in [3.8, 4) is 5.69 Å². The van der Waals surface area contributed by atoms with Crippen LogP contribution in [-0.4, -0.2) is 40.6 Å². The van der Waals surface area contributed by atoms with Gasteiger partial charge in [0.15, 0.2) is 0 Å². The van der Waals surface area contributed by atoms with Crippen molar-refractivity contribution in [2.24, 2.45) is 0 Å². The number of aromatic nitrogens is 2. The number of thiazole rings is 1. The van der Waals surface area contributed by atoms with Gasteiger partial charge >= 0.3 is 0 Å². The molecule has 3 heterocycles. The highest BCUT2D eigenvalue weighted by Gasteiger charge is 2.26. The van der Waals surface area contributed by atoms with Crippen LogP contribution in [0.5, 0.6) is 0 Å². The Kier molecular flexibility index (Phi) is 6.31. The molecule has 0 radical (unpaired) electrons. The first kappa shape index (κ1) is 24.2. The van der Waals surface area contributed by atoms with Gasteiger partial charge in [-0.3, -0.25) is 14.2 Å². The van der Waals surface area contributed by atoms with Gasteiger partial charge in [0, 0.05) is 40.6 Å². The molecule has 0 atom stereocenters. The molecule has 1 aliphatic rings. The van der Waals surface area contributed by atoms with Gasteiger partial charge < -0.3 is 14.8 Å². The lowest BCUT2D eigenvalue weighted by molar-refractivity contribution is -0.110. The van der Waals surface area contributed by atoms with Crippen molar-refractivity contribution in [1.82, 2.24) is 14.0 Å². The van der Waals surface area contributed by atoms with Crippen molar-refractivity contribution in [1.29, 1.82) is 0 Å². The van der Waals surface area contributed by atoms with Gasteiger partial charge in [-0.05, 0) is 57.4 Å². The third-order valence-corrected chi connectivity index (χ3v) is 7.97. The molecule has 0 aliphatic carbocycles. The van der Waals surface area contributed by atoms with Gasteiger partial charge in [0.1, 0.15) is 4.66 Å². The lowest BCUT2D eigenvalue weighted by Crippen LogP contribution is -2.34.